The molecule has 2 unspecified atom stereocenters. The van der Waals surface area contributed by atoms with Crippen LogP contribution >= 0.6 is 0 Å². The van der Waals surface area contributed by atoms with E-state index in [0.29, 0.717) is 6.54 Å². The van der Waals surface area contributed by atoms with E-state index in [1.54, 1.807) is 0 Å². The van der Waals surface area contributed by atoms with Crippen molar-refractivity contribution in [3.8, 4) is 0 Å². The molecule has 2 N–H and O–H groups in total. The van der Waals surface area contributed by atoms with E-state index in [1.807, 2.05) is 45.2 Å². The predicted octanol–water partition coefficient (Wildman–Crippen LogP) is 2.71. The monoisotopic (exact) mass is 406 g/mol. The Balaban J connectivity index is 1.52. The molecule has 3 rings (SSSR count). The first-order chi connectivity index (χ1) is 13.4. The molecule has 2 aliphatic rings. The predicted molar refractivity (Wildman–Crippen MR) is 115 cm³/mol. The van der Waals surface area contributed by atoms with Gasteiger partial charge in [0.25, 0.3) is 0 Å². The number of sulfonamides is 1. The molecule has 1 aromatic rings. The van der Waals surface area contributed by atoms with Gasteiger partial charge < -0.3 is 10.2 Å². The summed E-state index contributed by atoms with van der Waals surface area (Å²) in [6, 6.07) is 7.68. The van der Waals surface area contributed by atoms with Crippen LogP contribution in [0.2, 0.25) is 0 Å². The molecule has 0 amide bonds. The van der Waals surface area contributed by atoms with Crippen LogP contribution in [0.5, 0.6) is 0 Å². The third kappa shape index (κ3) is 5.70. The maximum Gasteiger partial charge on any atom is 0.216 e. The highest BCUT2D eigenvalue weighted by Gasteiger charge is 2.35. The average Bonchev–Trinajstić information content (AvgIpc) is 3.06. The Bertz CT molecular complexity index is 760. The van der Waals surface area contributed by atoms with Crippen molar-refractivity contribution in [3.05, 3.63) is 35.4 Å². The van der Waals surface area contributed by atoms with Gasteiger partial charge in [-0.1, -0.05) is 37.1 Å². The summed E-state index contributed by atoms with van der Waals surface area (Å²) in [6.07, 6.45) is 5.45. The number of aliphatic imine (C=N–C) groups is 1. The highest BCUT2D eigenvalue weighted by molar-refractivity contribution is 7.88. The topological polar surface area (TPSA) is 73.8 Å². The Morgan fingerprint density at radius 3 is 2.21 bits per heavy atom. The molecule has 1 saturated heterocycles. The minimum absolute atomic E-state index is 0.0110. The van der Waals surface area contributed by atoms with E-state index >= 15 is 0 Å². The molecule has 2 fully saturated rings. The lowest BCUT2D eigenvalue weighted by Gasteiger charge is -2.22. The third-order valence-electron chi connectivity index (χ3n) is 5.73. The number of hydrogen-bond acceptors (Lipinski definition) is 3. The molecule has 0 aromatic heterocycles. The van der Waals surface area contributed by atoms with Gasteiger partial charge in [-0.15, -0.1) is 0 Å². The Labute approximate surface area is 169 Å². The second kappa shape index (κ2) is 9.27. The van der Waals surface area contributed by atoms with Crippen LogP contribution in [0.15, 0.2) is 29.3 Å². The summed E-state index contributed by atoms with van der Waals surface area (Å²) in [7, 11) is -1.44. The van der Waals surface area contributed by atoms with E-state index in [0.717, 1.165) is 42.0 Å². The second-order valence-corrected chi connectivity index (χ2v) is 10.2. The van der Waals surface area contributed by atoms with Gasteiger partial charge in [-0.2, -0.15) is 0 Å². The fraction of sp³-hybridized carbons (Fsp3) is 0.667. The maximum atomic E-state index is 12.1. The molecule has 2 atom stereocenters. The Kier molecular flexibility index (Phi) is 6.99. The van der Waals surface area contributed by atoms with Crippen molar-refractivity contribution in [2.24, 2.45) is 16.8 Å². The smallest absolute Gasteiger partial charge is 0.216 e. The Hall–Kier alpha value is -1.60. The summed E-state index contributed by atoms with van der Waals surface area (Å²) in [5.74, 6) is 2.64. The molecule has 1 aromatic carbocycles. The van der Waals surface area contributed by atoms with Gasteiger partial charge in [-0.05, 0) is 49.7 Å². The SMILES string of the molecule is CN=C(NCc1ccc(CS(=O)(=O)NC(C)C)cc1)N1CC2CCCCC2C1. The van der Waals surface area contributed by atoms with E-state index in [1.165, 1.54) is 25.7 Å². The second-order valence-electron chi connectivity index (χ2n) is 8.46. The molecule has 1 aliphatic heterocycles. The van der Waals surface area contributed by atoms with Crippen molar-refractivity contribution < 1.29 is 8.42 Å². The number of likely N-dealkylation sites (tertiary alicyclic amines) is 1. The summed E-state index contributed by atoms with van der Waals surface area (Å²) in [5.41, 5.74) is 1.92. The first-order valence-electron chi connectivity index (χ1n) is 10.4. The average molecular weight is 407 g/mol. The largest absolute Gasteiger partial charge is 0.352 e. The van der Waals surface area contributed by atoms with Crippen molar-refractivity contribution in [2.75, 3.05) is 20.1 Å². The van der Waals surface area contributed by atoms with Crippen LogP contribution in [0.1, 0.15) is 50.7 Å². The van der Waals surface area contributed by atoms with Gasteiger partial charge in [-0.25, -0.2) is 13.1 Å². The van der Waals surface area contributed by atoms with Crippen molar-refractivity contribution in [1.82, 2.24) is 14.9 Å². The number of nitrogens with zero attached hydrogens (tertiary/aromatic N) is 2. The molecule has 156 valence electrons. The molecule has 1 aliphatic carbocycles. The van der Waals surface area contributed by atoms with Crippen molar-refractivity contribution >= 4 is 16.0 Å². The highest BCUT2D eigenvalue weighted by atomic mass is 32.2. The van der Waals surface area contributed by atoms with Crippen LogP contribution in [0.3, 0.4) is 0 Å². The van der Waals surface area contributed by atoms with Crippen molar-refractivity contribution in [3.63, 3.8) is 0 Å². The van der Waals surface area contributed by atoms with Gasteiger partial charge >= 0.3 is 0 Å². The third-order valence-corrected chi connectivity index (χ3v) is 7.28. The summed E-state index contributed by atoms with van der Waals surface area (Å²) in [6.45, 7) is 6.58. The molecule has 7 heteroatoms. The maximum absolute atomic E-state index is 12.1. The zero-order valence-electron chi connectivity index (χ0n) is 17.3. The van der Waals surface area contributed by atoms with Crippen LogP contribution in [-0.2, 0) is 22.3 Å². The number of hydrogen-bond donors (Lipinski definition) is 2. The minimum Gasteiger partial charge on any atom is -0.352 e. The van der Waals surface area contributed by atoms with Gasteiger partial charge in [0.15, 0.2) is 5.96 Å². The highest BCUT2D eigenvalue weighted by Crippen LogP contribution is 2.35. The van der Waals surface area contributed by atoms with Crippen molar-refractivity contribution in [1.29, 1.82) is 0 Å². The Morgan fingerprint density at radius 1 is 1.11 bits per heavy atom. The molecule has 28 heavy (non-hydrogen) atoms. The van der Waals surface area contributed by atoms with E-state index in [9.17, 15) is 8.42 Å². The van der Waals surface area contributed by atoms with Crippen molar-refractivity contribution in [2.45, 2.75) is 57.9 Å². The lowest BCUT2D eigenvalue weighted by molar-refractivity contribution is 0.299. The molecule has 1 heterocycles. The van der Waals surface area contributed by atoms with Gasteiger partial charge in [0, 0.05) is 32.7 Å². The number of nitrogens with one attached hydrogen (secondary N) is 2. The van der Waals surface area contributed by atoms with Crippen LogP contribution in [0.4, 0.5) is 0 Å². The summed E-state index contributed by atoms with van der Waals surface area (Å²) in [4.78, 5) is 6.88. The molecule has 0 radical (unpaired) electrons. The lowest BCUT2D eigenvalue weighted by atomic mass is 9.82. The zero-order valence-corrected chi connectivity index (χ0v) is 18.1. The summed E-state index contributed by atoms with van der Waals surface area (Å²) >= 11 is 0. The quantitative estimate of drug-likeness (QED) is 0.563. The Morgan fingerprint density at radius 2 is 1.68 bits per heavy atom. The molecule has 1 saturated carbocycles. The van der Waals surface area contributed by atoms with Gasteiger partial charge in [0.05, 0.1) is 5.75 Å². The van der Waals surface area contributed by atoms with Gasteiger partial charge in [-0.3, -0.25) is 4.99 Å². The number of fused-ring (bicyclic) bond motifs is 1. The van der Waals surface area contributed by atoms with E-state index in [-0.39, 0.29) is 11.8 Å². The first-order valence-corrected chi connectivity index (χ1v) is 12.0. The van der Waals surface area contributed by atoms with Crippen LogP contribution in [0.25, 0.3) is 0 Å². The fourth-order valence-corrected chi connectivity index (χ4v) is 5.90. The van der Waals surface area contributed by atoms with Gasteiger partial charge in [0.1, 0.15) is 0 Å². The van der Waals surface area contributed by atoms with Crippen LogP contribution < -0.4 is 10.0 Å². The van der Waals surface area contributed by atoms with E-state index in [4.69, 9.17) is 0 Å². The lowest BCUT2D eigenvalue weighted by Crippen LogP contribution is -2.39. The number of benzene rings is 1. The van der Waals surface area contributed by atoms with E-state index in [2.05, 4.69) is 19.9 Å². The minimum atomic E-state index is -3.29. The fourth-order valence-electron chi connectivity index (χ4n) is 4.47. The molecular formula is C21H34N4O2S. The first kappa shape index (κ1) is 21.1. The van der Waals surface area contributed by atoms with Crippen LogP contribution in [-0.4, -0.2) is 45.5 Å². The standard InChI is InChI=1S/C21H34N4O2S/c1-16(2)24-28(26,27)15-18-10-8-17(9-11-18)12-23-21(22-3)25-13-19-6-4-5-7-20(19)14-25/h8-11,16,19-20,24H,4-7,12-15H2,1-3H3,(H,22,23). The number of guanidine groups is 1. The summed E-state index contributed by atoms with van der Waals surface area (Å²) < 4.78 is 26.7. The number of rotatable bonds is 6. The molecule has 0 bridgehead atoms. The van der Waals surface area contributed by atoms with Gasteiger partial charge in [0.2, 0.25) is 10.0 Å². The summed E-state index contributed by atoms with van der Waals surface area (Å²) in [5, 5.41) is 3.48. The normalized spacial score (nSPS) is 23.1. The molecular weight excluding hydrogens is 372 g/mol. The molecule has 6 nitrogen and oxygen atoms in total. The van der Waals surface area contributed by atoms with Crippen LogP contribution in [0, 0.1) is 11.8 Å². The van der Waals surface area contributed by atoms with E-state index < -0.39 is 10.0 Å². The molecule has 0 spiro atoms. The zero-order chi connectivity index (χ0) is 20.1.